The van der Waals surface area contributed by atoms with Crippen molar-refractivity contribution < 1.29 is 14.6 Å². The fourth-order valence-corrected chi connectivity index (χ4v) is 1.92. The van der Waals surface area contributed by atoms with E-state index in [4.69, 9.17) is 22.1 Å². The van der Waals surface area contributed by atoms with Crippen molar-refractivity contribution in [2.75, 3.05) is 13.2 Å². The summed E-state index contributed by atoms with van der Waals surface area (Å²) in [7, 11) is 0. The third kappa shape index (κ3) is 5.69. The molecule has 5 nitrogen and oxygen atoms in total. The van der Waals surface area contributed by atoms with Crippen molar-refractivity contribution >= 4 is 23.2 Å². The first-order valence-electron chi connectivity index (χ1n) is 7.06. The lowest BCUT2D eigenvalue weighted by atomic mass is 10.2. The van der Waals surface area contributed by atoms with Gasteiger partial charge in [-0.15, -0.1) is 0 Å². The van der Waals surface area contributed by atoms with Crippen molar-refractivity contribution in [2.24, 2.45) is 0 Å². The topological polar surface area (TPSA) is 70.6 Å². The third-order valence-electron chi connectivity index (χ3n) is 2.87. The molecule has 0 saturated carbocycles. The van der Waals surface area contributed by atoms with Crippen LogP contribution >= 0.6 is 12.2 Å². The zero-order valence-electron chi connectivity index (χ0n) is 12.4. The summed E-state index contributed by atoms with van der Waals surface area (Å²) < 4.78 is 5.55. The number of aliphatic hydroxyl groups excluding tert-OH is 1. The Hall–Kier alpha value is -1.66. The van der Waals surface area contributed by atoms with E-state index in [1.807, 2.05) is 19.9 Å². The molecule has 0 fully saturated rings. The van der Waals surface area contributed by atoms with E-state index in [9.17, 15) is 4.79 Å². The minimum absolute atomic E-state index is 0.0390. The second-order valence-electron chi connectivity index (χ2n) is 4.56. The summed E-state index contributed by atoms with van der Waals surface area (Å²) in [5.74, 6) is 0.209. The molecule has 1 unspecified atom stereocenters. The van der Waals surface area contributed by atoms with Crippen LogP contribution in [0.5, 0.6) is 5.75 Å². The first-order chi connectivity index (χ1) is 10.1. The summed E-state index contributed by atoms with van der Waals surface area (Å²) in [5, 5.41) is 14.8. The molecule has 0 aliphatic rings. The molecule has 1 aromatic carbocycles. The normalized spacial score (nSPS) is 11.6. The molecule has 0 radical (unpaired) electrons. The summed E-state index contributed by atoms with van der Waals surface area (Å²) in [6, 6.07) is 6.87. The summed E-state index contributed by atoms with van der Waals surface area (Å²) in [6.07, 6.45) is 1.58. The molecule has 1 amide bonds. The Balaban J connectivity index is 2.68. The highest BCUT2D eigenvalue weighted by atomic mass is 32.1. The van der Waals surface area contributed by atoms with E-state index in [0.29, 0.717) is 24.3 Å². The van der Waals surface area contributed by atoms with Crippen LogP contribution in [0.3, 0.4) is 0 Å². The molecule has 1 atom stereocenters. The predicted molar refractivity (Wildman–Crippen MR) is 86.6 cm³/mol. The van der Waals surface area contributed by atoms with Gasteiger partial charge < -0.3 is 15.2 Å². The molecule has 0 bridgehead atoms. The number of benzene rings is 1. The average Bonchev–Trinajstić information content (AvgIpc) is 2.50. The van der Waals surface area contributed by atoms with E-state index < -0.39 is 0 Å². The maximum absolute atomic E-state index is 12.2. The van der Waals surface area contributed by atoms with Gasteiger partial charge in [0.2, 0.25) is 0 Å². The van der Waals surface area contributed by atoms with Crippen LogP contribution in [0.25, 0.3) is 0 Å². The van der Waals surface area contributed by atoms with Gasteiger partial charge >= 0.3 is 0 Å². The molecular formula is C15H22N2O3S. The number of para-hydroxylation sites is 1. The molecule has 0 heterocycles. The highest BCUT2D eigenvalue weighted by Gasteiger charge is 2.14. The van der Waals surface area contributed by atoms with Crippen LogP contribution in [0, 0.1) is 0 Å². The molecule has 0 aliphatic heterocycles. The van der Waals surface area contributed by atoms with Crippen LogP contribution in [0.1, 0.15) is 37.0 Å². The highest BCUT2D eigenvalue weighted by Crippen LogP contribution is 2.17. The molecule has 0 spiro atoms. The summed E-state index contributed by atoms with van der Waals surface area (Å²) >= 11 is 5.07. The van der Waals surface area contributed by atoms with E-state index in [1.165, 1.54) is 0 Å². The van der Waals surface area contributed by atoms with E-state index in [2.05, 4.69) is 10.6 Å². The third-order valence-corrected chi connectivity index (χ3v) is 3.09. The highest BCUT2D eigenvalue weighted by molar-refractivity contribution is 7.80. The van der Waals surface area contributed by atoms with Crippen LogP contribution < -0.4 is 15.4 Å². The van der Waals surface area contributed by atoms with Crippen molar-refractivity contribution in [3.05, 3.63) is 29.8 Å². The maximum Gasteiger partial charge on any atom is 0.261 e. The molecular weight excluding hydrogens is 288 g/mol. The predicted octanol–water partition coefficient (Wildman–Crippen LogP) is 1.85. The van der Waals surface area contributed by atoms with Crippen molar-refractivity contribution in [3.63, 3.8) is 0 Å². The van der Waals surface area contributed by atoms with Crippen LogP contribution in [-0.4, -0.2) is 35.4 Å². The Labute approximate surface area is 130 Å². The quantitative estimate of drug-likeness (QED) is 0.671. The summed E-state index contributed by atoms with van der Waals surface area (Å²) in [4.78, 5) is 12.2. The first-order valence-corrected chi connectivity index (χ1v) is 7.47. The Bertz CT molecular complexity index is 476. The van der Waals surface area contributed by atoms with Crippen molar-refractivity contribution in [1.82, 2.24) is 10.6 Å². The minimum Gasteiger partial charge on any atom is -0.493 e. The summed E-state index contributed by atoms with van der Waals surface area (Å²) in [6.45, 7) is 4.44. The second kappa shape index (κ2) is 9.31. The SMILES string of the molecule is CCCOc1ccccc1C(=O)NC(=S)NC(CC)CO. The molecule has 1 aromatic rings. The lowest BCUT2D eigenvalue weighted by molar-refractivity contribution is 0.0972. The van der Waals surface area contributed by atoms with Gasteiger partial charge in [-0.1, -0.05) is 26.0 Å². The van der Waals surface area contributed by atoms with Gasteiger partial charge in [0.25, 0.3) is 5.91 Å². The van der Waals surface area contributed by atoms with E-state index >= 15 is 0 Å². The standard InChI is InChI=1S/C15H22N2O3S/c1-3-9-20-13-8-6-5-7-12(13)14(19)17-15(21)16-11(4-2)10-18/h5-8,11,18H,3-4,9-10H2,1-2H3,(H2,16,17,19,21). The fourth-order valence-electron chi connectivity index (χ4n) is 1.66. The number of carbonyl (C=O) groups is 1. The van der Waals surface area contributed by atoms with Crippen molar-refractivity contribution in [3.8, 4) is 5.75 Å². The van der Waals surface area contributed by atoms with Gasteiger partial charge in [-0.2, -0.15) is 0 Å². The number of rotatable bonds is 7. The Kier molecular flexibility index (Phi) is 7.71. The number of thiocarbonyl (C=S) groups is 1. The molecule has 0 aromatic heterocycles. The van der Waals surface area contributed by atoms with Crippen LogP contribution in [0.15, 0.2) is 24.3 Å². The fraction of sp³-hybridized carbons (Fsp3) is 0.467. The number of nitrogens with one attached hydrogen (secondary N) is 2. The van der Waals surface area contributed by atoms with E-state index in [-0.39, 0.29) is 23.7 Å². The second-order valence-corrected chi connectivity index (χ2v) is 4.97. The number of hydrogen-bond donors (Lipinski definition) is 3. The van der Waals surface area contributed by atoms with Crippen LogP contribution in [0.4, 0.5) is 0 Å². The average molecular weight is 310 g/mol. The van der Waals surface area contributed by atoms with Crippen LogP contribution in [-0.2, 0) is 0 Å². The van der Waals surface area contributed by atoms with Gasteiger partial charge in [0, 0.05) is 0 Å². The smallest absolute Gasteiger partial charge is 0.261 e. The molecule has 0 aliphatic carbocycles. The monoisotopic (exact) mass is 310 g/mol. The Morgan fingerprint density at radius 3 is 2.71 bits per heavy atom. The van der Waals surface area contributed by atoms with E-state index in [0.717, 1.165) is 6.42 Å². The number of ether oxygens (including phenoxy) is 1. The maximum atomic E-state index is 12.2. The van der Waals surface area contributed by atoms with Gasteiger partial charge in [-0.25, -0.2) is 0 Å². The molecule has 3 N–H and O–H groups in total. The van der Waals surface area contributed by atoms with Gasteiger partial charge in [0.15, 0.2) is 5.11 Å². The van der Waals surface area contributed by atoms with Crippen molar-refractivity contribution in [1.29, 1.82) is 0 Å². The molecule has 6 heteroatoms. The molecule has 21 heavy (non-hydrogen) atoms. The Morgan fingerprint density at radius 1 is 1.38 bits per heavy atom. The number of hydrogen-bond acceptors (Lipinski definition) is 4. The largest absolute Gasteiger partial charge is 0.493 e. The van der Waals surface area contributed by atoms with Gasteiger partial charge in [-0.3, -0.25) is 10.1 Å². The number of carbonyl (C=O) groups excluding carboxylic acids is 1. The zero-order chi connectivity index (χ0) is 15.7. The van der Waals surface area contributed by atoms with Gasteiger partial charge in [0.05, 0.1) is 24.8 Å². The van der Waals surface area contributed by atoms with Crippen molar-refractivity contribution in [2.45, 2.75) is 32.7 Å². The van der Waals surface area contributed by atoms with Gasteiger partial charge in [-0.05, 0) is 37.2 Å². The minimum atomic E-state index is -0.327. The number of amides is 1. The Morgan fingerprint density at radius 2 is 2.10 bits per heavy atom. The molecule has 0 saturated heterocycles. The lowest BCUT2D eigenvalue weighted by Crippen LogP contribution is -2.45. The van der Waals surface area contributed by atoms with E-state index in [1.54, 1.807) is 18.2 Å². The zero-order valence-corrected chi connectivity index (χ0v) is 13.2. The molecule has 1 rings (SSSR count). The van der Waals surface area contributed by atoms with Gasteiger partial charge in [0.1, 0.15) is 5.75 Å². The molecule has 116 valence electrons. The lowest BCUT2D eigenvalue weighted by Gasteiger charge is -2.17. The van der Waals surface area contributed by atoms with Crippen LogP contribution in [0.2, 0.25) is 0 Å². The number of aliphatic hydroxyl groups is 1. The summed E-state index contributed by atoms with van der Waals surface area (Å²) in [5.41, 5.74) is 0.437. The first kappa shape index (κ1) is 17.4.